The van der Waals surface area contributed by atoms with Crippen molar-refractivity contribution in [2.45, 2.75) is 31.6 Å². The Morgan fingerprint density at radius 2 is 2.14 bits per heavy atom. The van der Waals surface area contributed by atoms with Gasteiger partial charge >= 0.3 is 11.9 Å². The van der Waals surface area contributed by atoms with E-state index in [1.165, 1.54) is 10.6 Å². The highest BCUT2D eigenvalue weighted by atomic mass is 19.4. The maximum Gasteiger partial charge on any atom is 0.416 e. The molecular weight excluding hydrogens is 283 g/mol. The molecule has 21 heavy (non-hydrogen) atoms. The van der Waals surface area contributed by atoms with Gasteiger partial charge in [0.25, 0.3) is 0 Å². The first kappa shape index (κ1) is 14.2. The zero-order valence-electron chi connectivity index (χ0n) is 11.6. The fourth-order valence-corrected chi connectivity index (χ4v) is 2.94. The summed E-state index contributed by atoms with van der Waals surface area (Å²) in [5.41, 5.74) is -0.352. The van der Waals surface area contributed by atoms with Crippen molar-refractivity contribution in [2.24, 2.45) is 0 Å². The molecule has 2 aromatic rings. The number of aromatic nitrogens is 2. The number of likely N-dealkylation sites (tertiary alicyclic amines) is 1. The molecule has 114 valence electrons. The quantitative estimate of drug-likeness (QED) is 0.925. The van der Waals surface area contributed by atoms with Crippen LogP contribution in [0, 0.1) is 0 Å². The number of benzene rings is 1. The SMILES string of the molecule is CN1CCCC1Cn1c(=O)[nH]c2cc(C(F)(F)F)ccc21. The van der Waals surface area contributed by atoms with Crippen molar-refractivity contribution in [3.63, 3.8) is 0 Å². The molecule has 1 fully saturated rings. The lowest BCUT2D eigenvalue weighted by atomic mass is 10.2. The van der Waals surface area contributed by atoms with Crippen LogP contribution in [-0.4, -0.2) is 34.1 Å². The van der Waals surface area contributed by atoms with Gasteiger partial charge in [-0.1, -0.05) is 0 Å². The normalized spacial score (nSPS) is 20.5. The lowest BCUT2D eigenvalue weighted by Gasteiger charge is -2.19. The van der Waals surface area contributed by atoms with Gasteiger partial charge in [0.1, 0.15) is 0 Å². The molecule has 7 heteroatoms. The first-order chi connectivity index (χ1) is 9.86. The Labute approximate surface area is 119 Å². The summed E-state index contributed by atoms with van der Waals surface area (Å²) >= 11 is 0. The van der Waals surface area contributed by atoms with Crippen molar-refractivity contribution in [1.82, 2.24) is 14.5 Å². The van der Waals surface area contributed by atoms with E-state index >= 15 is 0 Å². The lowest BCUT2D eigenvalue weighted by molar-refractivity contribution is -0.137. The molecule has 0 aliphatic carbocycles. The molecule has 3 rings (SSSR count). The van der Waals surface area contributed by atoms with E-state index in [0.717, 1.165) is 31.5 Å². The van der Waals surface area contributed by atoms with E-state index in [4.69, 9.17) is 0 Å². The van der Waals surface area contributed by atoms with Gasteiger partial charge in [-0.2, -0.15) is 13.2 Å². The Bertz CT molecular complexity index is 716. The second-order valence-electron chi connectivity index (χ2n) is 5.55. The summed E-state index contributed by atoms with van der Waals surface area (Å²) in [4.78, 5) is 16.7. The maximum absolute atomic E-state index is 12.7. The van der Waals surface area contributed by atoms with Gasteiger partial charge < -0.3 is 9.88 Å². The van der Waals surface area contributed by atoms with E-state index in [1.54, 1.807) is 0 Å². The van der Waals surface area contributed by atoms with Crippen LogP contribution < -0.4 is 5.69 Å². The Hall–Kier alpha value is -1.76. The number of fused-ring (bicyclic) bond motifs is 1. The summed E-state index contributed by atoms with van der Waals surface area (Å²) in [7, 11) is 2.00. The van der Waals surface area contributed by atoms with E-state index in [-0.39, 0.29) is 17.2 Å². The molecule has 2 heterocycles. The van der Waals surface area contributed by atoms with Crippen LogP contribution in [0.2, 0.25) is 0 Å². The van der Waals surface area contributed by atoms with Crippen LogP contribution in [0.15, 0.2) is 23.0 Å². The van der Waals surface area contributed by atoms with Crippen LogP contribution in [0.4, 0.5) is 13.2 Å². The number of imidazole rings is 1. The van der Waals surface area contributed by atoms with Crippen molar-refractivity contribution in [3.8, 4) is 0 Å². The minimum absolute atomic E-state index is 0.232. The van der Waals surface area contributed by atoms with Gasteiger partial charge in [0.15, 0.2) is 0 Å². The van der Waals surface area contributed by atoms with Crippen molar-refractivity contribution in [3.05, 3.63) is 34.2 Å². The largest absolute Gasteiger partial charge is 0.416 e. The minimum atomic E-state index is -4.40. The predicted octanol–water partition coefficient (Wildman–Crippen LogP) is 2.44. The molecule has 1 N–H and O–H groups in total. The van der Waals surface area contributed by atoms with Crippen molar-refractivity contribution in [1.29, 1.82) is 0 Å². The number of likely N-dealkylation sites (N-methyl/N-ethyl adjacent to an activating group) is 1. The lowest BCUT2D eigenvalue weighted by Crippen LogP contribution is -2.32. The number of aromatic amines is 1. The summed E-state index contributed by atoms with van der Waals surface area (Å²) in [6.45, 7) is 1.49. The molecule has 0 bridgehead atoms. The molecule has 1 aromatic heterocycles. The Morgan fingerprint density at radius 3 is 2.76 bits per heavy atom. The zero-order chi connectivity index (χ0) is 15.2. The van der Waals surface area contributed by atoms with Crippen molar-refractivity contribution in [2.75, 3.05) is 13.6 Å². The molecule has 0 amide bonds. The molecule has 0 radical (unpaired) electrons. The first-order valence-corrected chi connectivity index (χ1v) is 6.86. The van der Waals surface area contributed by atoms with E-state index in [1.807, 2.05) is 7.05 Å². The summed E-state index contributed by atoms with van der Waals surface area (Å²) in [6, 6.07) is 3.63. The van der Waals surface area contributed by atoms with Gasteiger partial charge in [0.05, 0.1) is 16.6 Å². The number of halogens is 3. The van der Waals surface area contributed by atoms with Gasteiger partial charge in [0.2, 0.25) is 0 Å². The third-order valence-corrected chi connectivity index (χ3v) is 4.17. The third-order valence-electron chi connectivity index (χ3n) is 4.17. The minimum Gasteiger partial charge on any atom is -0.306 e. The molecular formula is C14H16F3N3O. The maximum atomic E-state index is 12.7. The van der Waals surface area contributed by atoms with E-state index in [0.29, 0.717) is 12.1 Å². The van der Waals surface area contributed by atoms with Gasteiger partial charge in [-0.3, -0.25) is 4.57 Å². The van der Waals surface area contributed by atoms with Crippen LogP contribution in [0.25, 0.3) is 11.0 Å². The standard InChI is InChI=1S/C14H16F3N3O/c1-19-6-2-3-10(19)8-20-12-5-4-9(14(15,16)17)7-11(12)18-13(20)21/h4-5,7,10H,2-3,6,8H2,1H3,(H,18,21). The summed E-state index contributed by atoms with van der Waals surface area (Å²) in [5.74, 6) is 0. The number of alkyl halides is 3. The second kappa shape index (κ2) is 4.91. The van der Waals surface area contributed by atoms with Gasteiger partial charge in [-0.05, 0) is 44.6 Å². The average molecular weight is 299 g/mol. The smallest absolute Gasteiger partial charge is 0.306 e. The van der Waals surface area contributed by atoms with E-state index in [2.05, 4.69) is 9.88 Å². The van der Waals surface area contributed by atoms with E-state index in [9.17, 15) is 18.0 Å². The number of H-pyrrole nitrogens is 1. The molecule has 1 aliphatic rings. The molecule has 1 aromatic carbocycles. The highest BCUT2D eigenvalue weighted by Crippen LogP contribution is 2.31. The highest BCUT2D eigenvalue weighted by molar-refractivity contribution is 5.76. The Kier molecular flexibility index (Phi) is 3.32. The number of hydrogen-bond donors (Lipinski definition) is 1. The number of nitrogens with zero attached hydrogens (tertiary/aromatic N) is 2. The molecule has 1 saturated heterocycles. The zero-order valence-corrected chi connectivity index (χ0v) is 11.6. The summed E-state index contributed by atoms with van der Waals surface area (Å²) in [6.07, 6.45) is -2.33. The predicted molar refractivity (Wildman–Crippen MR) is 73.2 cm³/mol. The van der Waals surface area contributed by atoms with Crippen LogP contribution in [0.5, 0.6) is 0 Å². The summed E-state index contributed by atoms with van der Waals surface area (Å²) in [5, 5.41) is 0. The fourth-order valence-electron chi connectivity index (χ4n) is 2.94. The van der Waals surface area contributed by atoms with Crippen LogP contribution >= 0.6 is 0 Å². The van der Waals surface area contributed by atoms with E-state index < -0.39 is 11.7 Å². The first-order valence-electron chi connectivity index (χ1n) is 6.86. The molecule has 0 saturated carbocycles. The van der Waals surface area contributed by atoms with Gasteiger partial charge in [0, 0.05) is 12.6 Å². The average Bonchev–Trinajstić information content (AvgIpc) is 2.93. The molecule has 4 nitrogen and oxygen atoms in total. The van der Waals surface area contributed by atoms with Crippen LogP contribution in [-0.2, 0) is 12.7 Å². The number of nitrogens with one attached hydrogen (secondary N) is 1. The topological polar surface area (TPSA) is 41.0 Å². The van der Waals surface area contributed by atoms with Crippen LogP contribution in [0.1, 0.15) is 18.4 Å². The molecule has 0 spiro atoms. The second-order valence-corrected chi connectivity index (χ2v) is 5.55. The highest BCUT2D eigenvalue weighted by Gasteiger charge is 2.31. The van der Waals surface area contributed by atoms with Gasteiger partial charge in [-0.15, -0.1) is 0 Å². The number of hydrogen-bond acceptors (Lipinski definition) is 2. The van der Waals surface area contributed by atoms with Crippen molar-refractivity contribution < 1.29 is 13.2 Å². The number of rotatable bonds is 2. The van der Waals surface area contributed by atoms with Gasteiger partial charge in [-0.25, -0.2) is 4.79 Å². The summed E-state index contributed by atoms with van der Waals surface area (Å²) < 4.78 is 39.6. The monoisotopic (exact) mass is 299 g/mol. The Morgan fingerprint density at radius 1 is 1.38 bits per heavy atom. The molecule has 1 aliphatic heterocycles. The molecule has 1 atom stereocenters. The van der Waals surface area contributed by atoms with Crippen LogP contribution in [0.3, 0.4) is 0 Å². The fraction of sp³-hybridized carbons (Fsp3) is 0.500. The Balaban J connectivity index is 2.00. The molecule has 1 unspecified atom stereocenters. The van der Waals surface area contributed by atoms with Crippen molar-refractivity contribution >= 4 is 11.0 Å². The third kappa shape index (κ3) is 2.57.